The number of nitrogens with zero attached hydrogens (tertiary/aromatic N) is 5. The van der Waals surface area contributed by atoms with Crippen LogP contribution in [0.2, 0.25) is 0 Å². The first-order valence-corrected chi connectivity index (χ1v) is 13.1. The number of nitrogens with one attached hydrogen (secondary N) is 2. The number of ether oxygens (including phenoxy) is 1. The number of aromatic nitrogens is 5. The van der Waals surface area contributed by atoms with Crippen LogP contribution in [-0.2, 0) is 7.05 Å². The maximum Gasteiger partial charge on any atom is 0.251 e. The molecule has 0 unspecified atom stereocenters. The highest BCUT2D eigenvalue weighted by atomic mass is 16.5. The van der Waals surface area contributed by atoms with Gasteiger partial charge in [0.2, 0.25) is 0 Å². The predicted octanol–water partition coefficient (Wildman–Crippen LogP) is 4.88. The summed E-state index contributed by atoms with van der Waals surface area (Å²) in [6.45, 7) is 7.36. The van der Waals surface area contributed by atoms with Crippen molar-refractivity contribution in [3.63, 3.8) is 0 Å². The topological polar surface area (TPSA) is 98.9 Å². The van der Waals surface area contributed by atoms with Crippen LogP contribution in [0, 0.1) is 6.92 Å². The Morgan fingerprint density at radius 1 is 1.14 bits per heavy atom. The Morgan fingerprint density at radius 2 is 1.95 bits per heavy atom. The molecule has 5 rings (SSSR count). The smallest absolute Gasteiger partial charge is 0.251 e. The monoisotopic (exact) mass is 501 g/mol. The quantitative estimate of drug-likeness (QED) is 0.357. The van der Waals surface area contributed by atoms with E-state index in [1.54, 1.807) is 4.68 Å². The number of carbonyl (C=O) groups excluding carboxylic acids is 1. The fourth-order valence-electron chi connectivity index (χ4n) is 5.18. The van der Waals surface area contributed by atoms with Crippen molar-refractivity contribution in [2.75, 3.05) is 18.4 Å². The molecule has 0 spiro atoms. The Bertz CT molecular complexity index is 1400. The van der Waals surface area contributed by atoms with Crippen molar-refractivity contribution in [1.82, 2.24) is 29.9 Å². The lowest BCUT2D eigenvalue weighted by Gasteiger charge is -2.30. The molecule has 194 valence electrons. The number of benzene rings is 1. The van der Waals surface area contributed by atoms with Crippen molar-refractivity contribution < 1.29 is 9.53 Å². The van der Waals surface area contributed by atoms with Gasteiger partial charge in [0.25, 0.3) is 5.91 Å². The van der Waals surface area contributed by atoms with Crippen molar-refractivity contribution in [2.45, 2.75) is 58.6 Å². The van der Waals surface area contributed by atoms with E-state index < -0.39 is 0 Å². The fourth-order valence-corrected chi connectivity index (χ4v) is 5.18. The van der Waals surface area contributed by atoms with Gasteiger partial charge >= 0.3 is 0 Å². The number of hydrogen-bond acceptors (Lipinski definition) is 6. The van der Waals surface area contributed by atoms with E-state index in [1.807, 2.05) is 57.7 Å². The van der Waals surface area contributed by atoms with E-state index in [0.717, 1.165) is 71.5 Å². The lowest BCUT2D eigenvalue weighted by molar-refractivity contribution is 0.0952. The van der Waals surface area contributed by atoms with Gasteiger partial charge in [-0.2, -0.15) is 10.2 Å². The normalized spacial score (nSPS) is 17.6. The highest BCUT2D eigenvalue weighted by Gasteiger charge is 2.27. The van der Waals surface area contributed by atoms with E-state index in [-0.39, 0.29) is 18.1 Å². The number of amides is 1. The van der Waals surface area contributed by atoms with Gasteiger partial charge in [-0.1, -0.05) is 6.07 Å². The molecule has 1 aliphatic rings. The standard InChI is InChI=1S/C28H35N7O2/c1-5-29-26-14-24-23(16-31-26)27(19-15-32-34(4)17-19)33-35(24)20-10-12-21(13-11-20)37-25-9-7-8-22(18(25)3)28(36)30-6-2/h7-9,14-17,20-21H,5-6,10-13H2,1-4H3,(H,29,31)(H,30,36). The van der Waals surface area contributed by atoms with Crippen LogP contribution in [0.4, 0.5) is 5.82 Å². The molecule has 37 heavy (non-hydrogen) atoms. The zero-order valence-corrected chi connectivity index (χ0v) is 22.0. The van der Waals surface area contributed by atoms with E-state index in [1.165, 1.54) is 0 Å². The number of aryl methyl sites for hydroxylation is 1. The molecule has 0 saturated heterocycles. The number of fused-ring (bicyclic) bond motifs is 1. The van der Waals surface area contributed by atoms with Crippen molar-refractivity contribution in [3.8, 4) is 17.0 Å². The third kappa shape index (κ3) is 5.03. The molecular weight excluding hydrogens is 466 g/mol. The van der Waals surface area contributed by atoms with Gasteiger partial charge in [-0.05, 0) is 58.6 Å². The van der Waals surface area contributed by atoms with E-state index in [9.17, 15) is 4.79 Å². The van der Waals surface area contributed by atoms with Gasteiger partial charge in [-0.15, -0.1) is 0 Å². The summed E-state index contributed by atoms with van der Waals surface area (Å²) >= 11 is 0. The molecule has 1 fully saturated rings. The Balaban J connectivity index is 1.36. The van der Waals surface area contributed by atoms with Gasteiger partial charge in [0.15, 0.2) is 0 Å². The minimum absolute atomic E-state index is 0.0597. The molecule has 0 radical (unpaired) electrons. The molecule has 1 aliphatic carbocycles. The molecule has 3 heterocycles. The summed E-state index contributed by atoms with van der Waals surface area (Å²) in [6, 6.07) is 8.08. The molecule has 0 aliphatic heterocycles. The van der Waals surface area contributed by atoms with Crippen LogP contribution in [0.1, 0.15) is 61.5 Å². The molecule has 9 nitrogen and oxygen atoms in total. The van der Waals surface area contributed by atoms with Gasteiger partial charge in [-0.3, -0.25) is 14.2 Å². The second-order valence-electron chi connectivity index (χ2n) is 9.65. The lowest BCUT2D eigenvalue weighted by Crippen LogP contribution is -2.27. The molecular formula is C28H35N7O2. The van der Waals surface area contributed by atoms with Crippen LogP contribution in [-0.4, -0.2) is 49.6 Å². The molecule has 0 bridgehead atoms. The molecule has 1 amide bonds. The van der Waals surface area contributed by atoms with Gasteiger partial charge in [0.05, 0.1) is 23.9 Å². The number of rotatable bonds is 8. The summed E-state index contributed by atoms with van der Waals surface area (Å²) in [5, 5.41) is 16.7. The zero-order valence-electron chi connectivity index (χ0n) is 22.0. The SMILES string of the molecule is CCNC(=O)c1cccc(OC2CCC(n3nc(-c4cnn(C)c4)c4cnc(NCC)cc43)CC2)c1C. The molecule has 4 aromatic rings. The minimum atomic E-state index is -0.0597. The third-order valence-electron chi connectivity index (χ3n) is 7.08. The molecule has 1 saturated carbocycles. The van der Waals surface area contributed by atoms with Crippen LogP contribution in [0.15, 0.2) is 42.9 Å². The number of carbonyl (C=O) groups is 1. The summed E-state index contributed by atoms with van der Waals surface area (Å²) in [5.41, 5.74) is 4.54. The van der Waals surface area contributed by atoms with Crippen LogP contribution < -0.4 is 15.4 Å². The zero-order chi connectivity index (χ0) is 25.9. The van der Waals surface area contributed by atoms with Crippen molar-refractivity contribution >= 4 is 22.6 Å². The Morgan fingerprint density at radius 3 is 2.65 bits per heavy atom. The maximum absolute atomic E-state index is 12.4. The fraction of sp³-hybridized carbons (Fsp3) is 0.429. The molecule has 0 atom stereocenters. The van der Waals surface area contributed by atoms with Crippen LogP contribution in [0.3, 0.4) is 0 Å². The minimum Gasteiger partial charge on any atom is -0.490 e. The maximum atomic E-state index is 12.4. The Kier molecular flexibility index (Phi) is 7.12. The number of anilines is 1. The molecule has 9 heteroatoms. The second-order valence-corrected chi connectivity index (χ2v) is 9.65. The summed E-state index contributed by atoms with van der Waals surface area (Å²) in [4.78, 5) is 17.0. The Labute approximate surface area is 217 Å². The first-order chi connectivity index (χ1) is 18.0. The first kappa shape index (κ1) is 24.8. The number of hydrogen-bond donors (Lipinski definition) is 2. The molecule has 2 N–H and O–H groups in total. The highest BCUT2D eigenvalue weighted by Crippen LogP contribution is 2.37. The van der Waals surface area contributed by atoms with Crippen molar-refractivity contribution in [1.29, 1.82) is 0 Å². The van der Waals surface area contributed by atoms with E-state index in [4.69, 9.17) is 9.84 Å². The van der Waals surface area contributed by atoms with Crippen LogP contribution >= 0.6 is 0 Å². The van der Waals surface area contributed by atoms with E-state index in [0.29, 0.717) is 12.1 Å². The van der Waals surface area contributed by atoms with E-state index in [2.05, 4.69) is 38.4 Å². The second kappa shape index (κ2) is 10.6. The average molecular weight is 502 g/mol. The largest absolute Gasteiger partial charge is 0.490 e. The highest BCUT2D eigenvalue weighted by molar-refractivity contribution is 5.96. The predicted molar refractivity (Wildman–Crippen MR) is 145 cm³/mol. The van der Waals surface area contributed by atoms with Gasteiger partial charge in [0.1, 0.15) is 17.3 Å². The van der Waals surface area contributed by atoms with Gasteiger partial charge in [-0.25, -0.2) is 4.98 Å². The molecule has 3 aromatic heterocycles. The summed E-state index contributed by atoms with van der Waals surface area (Å²) in [7, 11) is 1.92. The number of pyridine rings is 1. The van der Waals surface area contributed by atoms with E-state index >= 15 is 0 Å². The summed E-state index contributed by atoms with van der Waals surface area (Å²) in [6.07, 6.45) is 9.63. The van der Waals surface area contributed by atoms with Gasteiger partial charge < -0.3 is 15.4 Å². The average Bonchev–Trinajstić information content (AvgIpc) is 3.49. The van der Waals surface area contributed by atoms with Crippen LogP contribution in [0.5, 0.6) is 5.75 Å². The summed E-state index contributed by atoms with van der Waals surface area (Å²) < 4.78 is 10.4. The Hall–Kier alpha value is -3.88. The van der Waals surface area contributed by atoms with Gasteiger partial charge in [0, 0.05) is 60.7 Å². The molecule has 1 aromatic carbocycles. The van der Waals surface area contributed by atoms with Crippen molar-refractivity contribution in [2.24, 2.45) is 7.05 Å². The third-order valence-corrected chi connectivity index (χ3v) is 7.08. The van der Waals surface area contributed by atoms with Crippen LogP contribution in [0.25, 0.3) is 22.2 Å². The first-order valence-electron chi connectivity index (χ1n) is 13.1. The lowest BCUT2D eigenvalue weighted by atomic mass is 9.92. The summed E-state index contributed by atoms with van der Waals surface area (Å²) in [5.74, 6) is 1.58. The van der Waals surface area contributed by atoms with Crippen molar-refractivity contribution in [3.05, 3.63) is 54.0 Å².